The molecule has 2 unspecified atom stereocenters. The van der Waals surface area contributed by atoms with Crippen molar-refractivity contribution in [2.24, 2.45) is 5.92 Å². The Morgan fingerprint density at radius 1 is 1.45 bits per heavy atom. The van der Waals surface area contributed by atoms with Gasteiger partial charge in [0.15, 0.2) is 0 Å². The fraction of sp³-hybridized carbons (Fsp3) is 0.500. The maximum atomic E-state index is 12.0. The quantitative estimate of drug-likeness (QED) is 0.833. The van der Waals surface area contributed by atoms with E-state index in [0.717, 1.165) is 31.2 Å². The molecule has 1 N–H and O–H groups in total. The molecule has 1 saturated heterocycles. The van der Waals surface area contributed by atoms with Gasteiger partial charge in [-0.15, -0.1) is 0 Å². The minimum atomic E-state index is 0.00959. The lowest BCUT2D eigenvalue weighted by atomic mass is 10.00. The summed E-state index contributed by atoms with van der Waals surface area (Å²) in [5.74, 6) is 0.107. The number of hydrogen-bond acceptors (Lipinski definition) is 3. The van der Waals surface area contributed by atoms with Gasteiger partial charge in [0.05, 0.1) is 12.6 Å². The van der Waals surface area contributed by atoms with E-state index in [0.29, 0.717) is 13.1 Å². The van der Waals surface area contributed by atoms with Crippen LogP contribution in [0.25, 0.3) is 0 Å². The first-order valence-corrected chi connectivity index (χ1v) is 7.21. The Kier molecular flexibility index (Phi) is 5.30. The van der Waals surface area contributed by atoms with E-state index in [4.69, 9.17) is 0 Å². The molecule has 4 nitrogen and oxygen atoms in total. The zero-order chi connectivity index (χ0) is 14.4. The van der Waals surface area contributed by atoms with E-state index in [1.165, 1.54) is 0 Å². The lowest BCUT2D eigenvalue weighted by Gasteiger charge is -2.29. The fourth-order valence-corrected chi connectivity index (χ4v) is 2.66. The number of rotatable bonds is 5. The predicted octanol–water partition coefficient (Wildman–Crippen LogP) is 1.77. The average Bonchev–Trinajstić information content (AvgIpc) is 2.48. The van der Waals surface area contributed by atoms with Crippen LogP contribution in [0.1, 0.15) is 31.4 Å². The van der Waals surface area contributed by atoms with Gasteiger partial charge in [-0.2, -0.15) is 0 Å². The normalized spacial score (nSPS) is 21.1. The van der Waals surface area contributed by atoms with Crippen LogP contribution in [0.5, 0.6) is 0 Å². The Bertz CT molecular complexity index is 447. The Hall–Kier alpha value is -1.68. The van der Waals surface area contributed by atoms with Gasteiger partial charge in [-0.05, 0) is 31.9 Å². The van der Waals surface area contributed by atoms with Crippen molar-refractivity contribution >= 4 is 12.2 Å². The van der Waals surface area contributed by atoms with Crippen LogP contribution in [0.3, 0.4) is 0 Å². The van der Waals surface area contributed by atoms with Crippen molar-refractivity contribution < 1.29 is 9.59 Å². The molecule has 108 valence electrons. The van der Waals surface area contributed by atoms with Crippen LogP contribution in [0.15, 0.2) is 30.3 Å². The third-order valence-corrected chi connectivity index (χ3v) is 3.78. The second-order valence-electron chi connectivity index (χ2n) is 5.47. The standard InChI is InChI=1S/C16H22N2O2/c1-13(15-7-3-2-4-8-15)17-16(20)11-18-9-5-6-14(10-18)12-19/h2-4,7-8,12-14H,5-6,9-11H2,1H3,(H,17,20). The monoisotopic (exact) mass is 274 g/mol. The zero-order valence-corrected chi connectivity index (χ0v) is 11.9. The van der Waals surface area contributed by atoms with Crippen molar-refractivity contribution in [3.8, 4) is 0 Å². The van der Waals surface area contributed by atoms with Crippen molar-refractivity contribution in [2.75, 3.05) is 19.6 Å². The van der Waals surface area contributed by atoms with E-state index >= 15 is 0 Å². The van der Waals surface area contributed by atoms with Crippen LogP contribution >= 0.6 is 0 Å². The molecule has 1 aromatic rings. The van der Waals surface area contributed by atoms with Gasteiger partial charge in [-0.3, -0.25) is 9.69 Å². The van der Waals surface area contributed by atoms with E-state index in [9.17, 15) is 9.59 Å². The highest BCUT2D eigenvalue weighted by Crippen LogP contribution is 2.14. The molecular formula is C16H22N2O2. The maximum absolute atomic E-state index is 12.0. The maximum Gasteiger partial charge on any atom is 0.234 e. The van der Waals surface area contributed by atoms with Gasteiger partial charge in [-0.1, -0.05) is 30.3 Å². The highest BCUT2D eigenvalue weighted by atomic mass is 16.2. The minimum Gasteiger partial charge on any atom is -0.348 e. The lowest BCUT2D eigenvalue weighted by molar-refractivity contribution is -0.124. The van der Waals surface area contributed by atoms with Crippen molar-refractivity contribution in [1.29, 1.82) is 0 Å². The Morgan fingerprint density at radius 3 is 2.90 bits per heavy atom. The Labute approximate surface area is 120 Å². The van der Waals surface area contributed by atoms with E-state index < -0.39 is 0 Å². The molecule has 1 fully saturated rings. The molecule has 20 heavy (non-hydrogen) atoms. The Morgan fingerprint density at radius 2 is 2.20 bits per heavy atom. The van der Waals surface area contributed by atoms with Gasteiger partial charge in [-0.25, -0.2) is 0 Å². The van der Waals surface area contributed by atoms with Crippen molar-refractivity contribution in [2.45, 2.75) is 25.8 Å². The SMILES string of the molecule is CC(NC(=O)CN1CCCC(C=O)C1)c1ccccc1. The third kappa shape index (κ3) is 4.17. The molecule has 4 heteroatoms. The Balaban J connectivity index is 1.82. The second kappa shape index (κ2) is 7.20. The van der Waals surface area contributed by atoms with Crippen LogP contribution < -0.4 is 5.32 Å². The van der Waals surface area contributed by atoms with Gasteiger partial charge in [0.25, 0.3) is 0 Å². The third-order valence-electron chi connectivity index (χ3n) is 3.78. The molecule has 1 aliphatic rings. The number of likely N-dealkylation sites (tertiary alicyclic amines) is 1. The van der Waals surface area contributed by atoms with Crippen molar-refractivity contribution in [3.05, 3.63) is 35.9 Å². The largest absolute Gasteiger partial charge is 0.348 e. The molecule has 0 radical (unpaired) electrons. The first kappa shape index (κ1) is 14.7. The van der Waals surface area contributed by atoms with Gasteiger partial charge in [0.1, 0.15) is 6.29 Å². The summed E-state index contributed by atoms with van der Waals surface area (Å²) in [6, 6.07) is 9.93. The molecule has 1 aromatic carbocycles. The molecule has 2 atom stereocenters. The molecule has 0 bridgehead atoms. The summed E-state index contributed by atoms with van der Waals surface area (Å²) >= 11 is 0. The van der Waals surface area contributed by atoms with Crippen molar-refractivity contribution in [1.82, 2.24) is 10.2 Å². The van der Waals surface area contributed by atoms with Crippen LogP contribution in [0.4, 0.5) is 0 Å². The molecule has 0 aromatic heterocycles. The number of carbonyl (C=O) groups excluding carboxylic acids is 2. The summed E-state index contributed by atoms with van der Waals surface area (Å²) in [5, 5.41) is 3.01. The summed E-state index contributed by atoms with van der Waals surface area (Å²) in [7, 11) is 0. The van der Waals surface area contributed by atoms with Gasteiger partial charge in [0, 0.05) is 12.5 Å². The van der Waals surface area contributed by atoms with Gasteiger partial charge >= 0.3 is 0 Å². The number of hydrogen-bond donors (Lipinski definition) is 1. The van der Waals surface area contributed by atoms with Crippen molar-refractivity contribution in [3.63, 3.8) is 0 Å². The summed E-state index contributed by atoms with van der Waals surface area (Å²) in [6.45, 7) is 3.97. The highest BCUT2D eigenvalue weighted by molar-refractivity contribution is 5.78. The van der Waals surface area contributed by atoms with Gasteiger partial charge < -0.3 is 10.1 Å². The molecular weight excluding hydrogens is 252 g/mol. The summed E-state index contributed by atoms with van der Waals surface area (Å²) in [4.78, 5) is 24.9. The molecule has 2 rings (SSSR count). The number of amides is 1. The number of nitrogens with zero attached hydrogens (tertiary/aromatic N) is 1. The number of aldehydes is 1. The number of carbonyl (C=O) groups is 2. The van der Waals surface area contributed by atoms with E-state index in [-0.39, 0.29) is 17.9 Å². The number of piperidine rings is 1. The highest BCUT2D eigenvalue weighted by Gasteiger charge is 2.21. The first-order chi connectivity index (χ1) is 9.69. The van der Waals surface area contributed by atoms with Crippen LogP contribution in [0.2, 0.25) is 0 Å². The van der Waals surface area contributed by atoms with Crippen LogP contribution in [0, 0.1) is 5.92 Å². The molecule has 0 spiro atoms. The van der Waals surface area contributed by atoms with Gasteiger partial charge in [0.2, 0.25) is 5.91 Å². The van der Waals surface area contributed by atoms with E-state index in [1.807, 2.05) is 37.3 Å². The lowest BCUT2D eigenvalue weighted by Crippen LogP contribution is -2.43. The molecule has 0 aliphatic carbocycles. The van der Waals surface area contributed by atoms with Crippen LogP contribution in [-0.4, -0.2) is 36.7 Å². The first-order valence-electron chi connectivity index (χ1n) is 7.21. The smallest absolute Gasteiger partial charge is 0.234 e. The zero-order valence-electron chi connectivity index (χ0n) is 11.9. The molecule has 1 amide bonds. The van der Waals surface area contributed by atoms with E-state index in [2.05, 4.69) is 10.2 Å². The minimum absolute atomic E-state index is 0.00959. The topological polar surface area (TPSA) is 49.4 Å². The number of benzene rings is 1. The summed E-state index contributed by atoms with van der Waals surface area (Å²) in [5.41, 5.74) is 1.10. The predicted molar refractivity (Wildman–Crippen MR) is 78.2 cm³/mol. The average molecular weight is 274 g/mol. The summed E-state index contributed by atoms with van der Waals surface area (Å²) < 4.78 is 0. The van der Waals surface area contributed by atoms with E-state index in [1.54, 1.807) is 0 Å². The van der Waals surface area contributed by atoms with Crippen LogP contribution in [-0.2, 0) is 9.59 Å². The molecule has 0 saturated carbocycles. The number of nitrogens with one attached hydrogen (secondary N) is 1. The molecule has 1 heterocycles. The summed E-state index contributed by atoms with van der Waals surface area (Å²) in [6.07, 6.45) is 2.95. The fourth-order valence-electron chi connectivity index (χ4n) is 2.66. The molecule has 1 aliphatic heterocycles. The second-order valence-corrected chi connectivity index (χ2v) is 5.47.